The van der Waals surface area contributed by atoms with E-state index >= 15 is 0 Å². The quantitative estimate of drug-likeness (QED) is 0.811. The minimum absolute atomic E-state index is 0.359. The molecule has 1 atom stereocenters. The number of aryl methyl sites for hydroxylation is 2. The van der Waals surface area contributed by atoms with Crippen LogP contribution in [0, 0.1) is 25.7 Å². The van der Waals surface area contributed by atoms with Crippen LogP contribution in [0.4, 0.5) is 5.82 Å². The van der Waals surface area contributed by atoms with Gasteiger partial charge in [-0.15, -0.1) is 0 Å². The van der Waals surface area contributed by atoms with E-state index in [0.29, 0.717) is 24.7 Å². The summed E-state index contributed by atoms with van der Waals surface area (Å²) in [6.07, 6.45) is 2.35. The number of carboxylic acid groups (broad SMARTS) is 1. The highest BCUT2D eigenvalue weighted by molar-refractivity contribution is 5.70. The third kappa shape index (κ3) is 4.31. The molecular weight excluding hydrogens is 230 g/mol. The zero-order valence-corrected chi connectivity index (χ0v) is 11.4. The molecule has 0 amide bonds. The fourth-order valence-corrected chi connectivity index (χ4v) is 1.77. The molecule has 0 spiro atoms. The van der Waals surface area contributed by atoms with E-state index < -0.39 is 11.9 Å². The van der Waals surface area contributed by atoms with E-state index in [2.05, 4.69) is 15.3 Å². The Bertz CT molecular complexity index is 419. The number of rotatable bonds is 6. The van der Waals surface area contributed by atoms with Crippen LogP contribution in [-0.2, 0) is 4.79 Å². The molecule has 0 aliphatic heterocycles. The highest BCUT2D eigenvalue weighted by Crippen LogP contribution is 2.14. The molecule has 0 bridgehead atoms. The summed E-state index contributed by atoms with van der Waals surface area (Å²) >= 11 is 0. The summed E-state index contributed by atoms with van der Waals surface area (Å²) in [5.74, 6) is -0.135. The van der Waals surface area contributed by atoms with Crippen LogP contribution in [0.3, 0.4) is 0 Å². The average molecular weight is 251 g/mol. The SMILES string of the molecule is Cc1cnc(C)c(NCC(CC(C)C)C(=O)O)n1. The van der Waals surface area contributed by atoms with Crippen molar-refractivity contribution in [2.24, 2.45) is 11.8 Å². The van der Waals surface area contributed by atoms with E-state index in [1.165, 1.54) is 0 Å². The van der Waals surface area contributed by atoms with Crippen molar-refractivity contribution in [2.45, 2.75) is 34.1 Å². The second-order valence-electron chi connectivity index (χ2n) is 4.99. The molecule has 1 unspecified atom stereocenters. The van der Waals surface area contributed by atoms with Gasteiger partial charge in [0.25, 0.3) is 0 Å². The molecule has 1 heterocycles. The Hall–Kier alpha value is -1.65. The molecule has 0 aliphatic rings. The summed E-state index contributed by atoms with van der Waals surface area (Å²) < 4.78 is 0. The van der Waals surface area contributed by atoms with Crippen LogP contribution < -0.4 is 5.32 Å². The van der Waals surface area contributed by atoms with Crippen LogP contribution in [0.25, 0.3) is 0 Å². The van der Waals surface area contributed by atoms with Crippen LogP contribution in [0.5, 0.6) is 0 Å². The van der Waals surface area contributed by atoms with Gasteiger partial charge in [-0.2, -0.15) is 0 Å². The van der Waals surface area contributed by atoms with Crippen molar-refractivity contribution in [3.05, 3.63) is 17.6 Å². The Labute approximate surface area is 108 Å². The molecule has 1 aromatic rings. The standard InChI is InChI=1S/C13H21N3O2/c1-8(2)5-11(13(17)18)7-15-12-10(4)14-6-9(3)16-12/h6,8,11H,5,7H2,1-4H3,(H,15,16)(H,17,18). The minimum atomic E-state index is -0.769. The maximum absolute atomic E-state index is 11.1. The van der Waals surface area contributed by atoms with E-state index in [-0.39, 0.29) is 0 Å². The van der Waals surface area contributed by atoms with E-state index in [1.807, 2.05) is 27.7 Å². The molecule has 0 aromatic carbocycles. The van der Waals surface area contributed by atoms with Gasteiger partial charge in [0, 0.05) is 12.7 Å². The molecule has 2 N–H and O–H groups in total. The average Bonchev–Trinajstić information content (AvgIpc) is 2.27. The highest BCUT2D eigenvalue weighted by atomic mass is 16.4. The van der Waals surface area contributed by atoms with E-state index in [4.69, 9.17) is 5.11 Å². The van der Waals surface area contributed by atoms with Gasteiger partial charge in [-0.25, -0.2) is 4.98 Å². The molecule has 1 rings (SSSR count). The van der Waals surface area contributed by atoms with Gasteiger partial charge in [0.05, 0.1) is 17.3 Å². The zero-order valence-electron chi connectivity index (χ0n) is 11.4. The van der Waals surface area contributed by atoms with Gasteiger partial charge in [-0.1, -0.05) is 13.8 Å². The van der Waals surface area contributed by atoms with Crippen molar-refractivity contribution >= 4 is 11.8 Å². The molecule has 1 aromatic heterocycles. The summed E-state index contributed by atoms with van der Waals surface area (Å²) in [7, 11) is 0. The number of hydrogen-bond donors (Lipinski definition) is 2. The van der Waals surface area contributed by atoms with Gasteiger partial charge in [-0.3, -0.25) is 9.78 Å². The van der Waals surface area contributed by atoms with Gasteiger partial charge < -0.3 is 10.4 Å². The largest absolute Gasteiger partial charge is 0.481 e. The molecule has 0 saturated heterocycles. The minimum Gasteiger partial charge on any atom is -0.481 e. The Morgan fingerprint density at radius 2 is 2.11 bits per heavy atom. The summed E-state index contributed by atoms with van der Waals surface area (Å²) in [4.78, 5) is 19.6. The van der Waals surface area contributed by atoms with Crippen molar-refractivity contribution in [1.29, 1.82) is 0 Å². The Kier molecular flexibility index (Phi) is 5.07. The Balaban J connectivity index is 2.66. The number of carbonyl (C=O) groups is 1. The first-order valence-corrected chi connectivity index (χ1v) is 6.17. The monoisotopic (exact) mass is 251 g/mol. The molecule has 100 valence electrons. The van der Waals surface area contributed by atoms with Crippen molar-refractivity contribution in [2.75, 3.05) is 11.9 Å². The lowest BCUT2D eigenvalue weighted by atomic mass is 9.97. The number of anilines is 1. The normalized spacial score (nSPS) is 12.5. The predicted molar refractivity (Wildman–Crippen MR) is 70.6 cm³/mol. The molecule has 5 nitrogen and oxygen atoms in total. The summed E-state index contributed by atoms with van der Waals surface area (Å²) in [6.45, 7) is 8.14. The third-order valence-corrected chi connectivity index (χ3v) is 2.70. The maximum Gasteiger partial charge on any atom is 0.308 e. The lowest BCUT2D eigenvalue weighted by molar-refractivity contribution is -0.141. The number of hydrogen-bond acceptors (Lipinski definition) is 4. The summed E-state index contributed by atoms with van der Waals surface area (Å²) in [5, 5.41) is 12.2. The lowest BCUT2D eigenvalue weighted by Gasteiger charge is -2.16. The van der Waals surface area contributed by atoms with E-state index in [0.717, 1.165) is 11.4 Å². The van der Waals surface area contributed by atoms with Crippen molar-refractivity contribution < 1.29 is 9.90 Å². The lowest BCUT2D eigenvalue weighted by Crippen LogP contribution is -2.25. The number of nitrogens with zero attached hydrogens (tertiary/aromatic N) is 2. The summed E-state index contributed by atoms with van der Waals surface area (Å²) in [6, 6.07) is 0. The van der Waals surface area contributed by atoms with Gasteiger partial charge in [0.15, 0.2) is 0 Å². The number of aromatic nitrogens is 2. The second kappa shape index (κ2) is 6.33. The first-order chi connectivity index (χ1) is 8.40. The fourth-order valence-electron chi connectivity index (χ4n) is 1.77. The third-order valence-electron chi connectivity index (χ3n) is 2.70. The van der Waals surface area contributed by atoms with Gasteiger partial charge in [0.2, 0.25) is 0 Å². The molecular formula is C13H21N3O2. The van der Waals surface area contributed by atoms with Gasteiger partial charge in [0.1, 0.15) is 5.82 Å². The van der Waals surface area contributed by atoms with Crippen LogP contribution in [0.2, 0.25) is 0 Å². The van der Waals surface area contributed by atoms with Crippen molar-refractivity contribution in [1.82, 2.24) is 9.97 Å². The molecule has 0 aliphatic carbocycles. The molecule has 0 saturated carbocycles. The van der Waals surface area contributed by atoms with Crippen molar-refractivity contribution in [3.8, 4) is 0 Å². The predicted octanol–water partition coefficient (Wildman–Crippen LogP) is 2.25. The Morgan fingerprint density at radius 1 is 1.44 bits per heavy atom. The number of aliphatic carboxylic acids is 1. The molecule has 5 heteroatoms. The van der Waals surface area contributed by atoms with Crippen LogP contribution in [-0.4, -0.2) is 27.6 Å². The number of nitrogens with one attached hydrogen (secondary N) is 1. The topological polar surface area (TPSA) is 75.1 Å². The molecule has 0 radical (unpaired) electrons. The van der Waals surface area contributed by atoms with Gasteiger partial charge in [-0.05, 0) is 26.2 Å². The first-order valence-electron chi connectivity index (χ1n) is 6.17. The molecule has 0 fully saturated rings. The van der Waals surface area contributed by atoms with Crippen LogP contribution in [0.1, 0.15) is 31.7 Å². The van der Waals surface area contributed by atoms with Crippen molar-refractivity contribution in [3.63, 3.8) is 0 Å². The van der Waals surface area contributed by atoms with Gasteiger partial charge >= 0.3 is 5.97 Å². The first kappa shape index (κ1) is 14.4. The van der Waals surface area contributed by atoms with E-state index in [9.17, 15) is 4.79 Å². The smallest absolute Gasteiger partial charge is 0.308 e. The van der Waals surface area contributed by atoms with Crippen LogP contribution >= 0.6 is 0 Å². The van der Waals surface area contributed by atoms with Crippen LogP contribution in [0.15, 0.2) is 6.20 Å². The maximum atomic E-state index is 11.1. The van der Waals surface area contributed by atoms with E-state index in [1.54, 1.807) is 6.20 Å². The molecule has 18 heavy (non-hydrogen) atoms. The highest BCUT2D eigenvalue weighted by Gasteiger charge is 2.19. The fraction of sp³-hybridized carbons (Fsp3) is 0.615. The summed E-state index contributed by atoms with van der Waals surface area (Å²) in [5.41, 5.74) is 1.60. The second-order valence-corrected chi connectivity index (χ2v) is 4.99. The zero-order chi connectivity index (χ0) is 13.7. The number of carboxylic acids is 1. The Morgan fingerprint density at radius 3 is 2.67 bits per heavy atom.